The Kier molecular flexibility index (Phi) is 5.98. The molecule has 1 aromatic rings. The Hall–Kier alpha value is -1.23. The Labute approximate surface area is 112 Å². The maximum Gasteiger partial charge on any atom is 0.253 e. The van der Waals surface area contributed by atoms with E-state index >= 15 is 0 Å². The Morgan fingerprint density at radius 2 is 2.22 bits per heavy atom. The van der Waals surface area contributed by atoms with Gasteiger partial charge in [-0.3, -0.25) is 4.79 Å². The van der Waals surface area contributed by atoms with Gasteiger partial charge in [-0.05, 0) is 24.8 Å². The molecule has 0 aliphatic carbocycles. The molecule has 0 aliphatic rings. The smallest absolute Gasteiger partial charge is 0.253 e. The van der Waals surface area contributed by atoms with E-state index in [0.717, 1.165) is 12.2 Å². The number of thioether (sulfide) groups is 1. The van der Waals surface area contributed by atoms with Crippen LogP contribution in [0.4, 0.5) is 10.1 Å². The van der Waals surface area contributed by atoms with Crippen molar-refractivity contribution in [1.82, 2.24) is 5.32 Å². The van der Waals surface area contributed by atoms with Crippen molar-refractivity contribution in [2.75, 3.05) is 24.4 Å². The van der Waals surface area contributed by atoms with Gasteiger partial charge in [0.05, 0.1) is 11.3 Å². The zero-order chi connectivity index (χ0) is 13.5. The molecule has 0 radical (unpaired) electrons. The molecule has 18 heavy (non-hydrogen) atoms. The van der Waals surface area contributed by atoms with E-state index in [1.807, 2.05) is 13.2 Å². The monoisotopic (exact) mass is 270 g/mol. The topological polar surface area (TPSA) is 41.1 Å². The molecule has 1 aromatic carbocycles. The standard InChI is InChI=1S/C13H19FN2OS/c1-4-9(8-18-3)16-13(17)10-6-5-7-11(14)12(10)15-2/h5-7,9,15H,4,8H2,1-3H3,(H,16,17). The van der Waals surface area contributed by atoms with Crippen LogP contribution in [0.25, 0.3) is 0 Å². The number of carbonyl (C=O) groups excluding carboxylic acids is 1. The molecule has 1 rings (SSSR count). The first-order valence-corrected chi connectivity index (χ1v) is 7.29. The van der Waals surface area contributed by atoms with E-state index in [0.29, 0.717) is 5.56 Å². The minimum atomic E-state index is -0.414. The minimum Gasteiger partial charge on any atom is -0.385 e. The highest BCUT2D eigenvalue weighted by Crippen LogP contribution is 2.19. The van der Waals surface area contributed by atoms with Gasteiger partial charge in [0.2, 0.25) is 0 Å². The second-order valence-corrected chi connectivity index (χ2v) is 4.86. The zero-order valence-corrected chi connectivity index (χ0v) is 11.7. The second-order valence-electron chi connectivity index (χ2n) is 3.95. The van der Waals surface area contributed by atoms with Crippen molar-refractivity contribution in [1.29, 1.82) is 0 Å². The average molecular weight is 270 g/mol. The van der Waals surface area contributed by atoms with Gasteiger partial charge in [-0.15, -0.1) is 0 Å². The summed E-state index contributed by atoms with van der Waals surface area (Å²) in [5, 5.41) is 5.65. The van der Waals surface area contributed by atoms with Gasteiger partial charge in [0.1, 0.15) is 5.82 Å². The number of rotatable bonds is 6. The molecule has 100 valence electrons. The first-order chi connectivity index (χ1) is 8.63. The SMILES string of the molecule is CCC(CSC)NC(=O)c1cccc(F)c1NC. The number of anilines is 1. The molecule has 1 atom stereocenters. The first-order valence-electron chi connectivity index (χ1n) is 5.90. The van der Waals surface area contributed by atoms with Crippen LogP contribution in [0.1, 0.15) is 23.7 Å². The van der Waals surface area contributed by atoms with Gasteiger partial charge in [-0.1, -0.05) is 13.0 Å². The summed E-state index contributed by atoms with van der Waals surface area (Å²) in [7, 11) is 1.61. The van der Waals surface area contributed by atoms with Crippen molar-refractivity contribution in [3.63, 3.8) is 0 Å². The van der Waals surface area contributed by atoms with Gasteiger partial charge in [-0.2, -0.15) is 11.8 Å². The molecule has 2 N–H and O–H groups in total. The van der Waals surface area contributed by atoms with E-state index in [2.05, 4.69) is 10.6 Å². The summed E-state index contributed by atoms with van der Waals surface area (Å²) in [5.41, 5.74) is 0.589. The zero-order valence-electron chi connectivity index (χ0n) is 10.9. The van der Waals surface area contributed by atoms with Crippen LogP contribution >= 0.6 is 11.8 Å². The molecule has 0 heterocycles. The molecule has 1 unspecified atom stereocenters. The highest BCUT2D eigenvalue weighted by molar-refractivity contribution is 7.98. The lowest BCUT2D eigenvalue weighted by molar-refractivity contribution is 0.0940. The second kappa shape index (κ2) is 7.26. The number of nitrogens with one attached hydrogen (secondary N) is 2. The minimum absolute atomic E-state index is 0.112. The van der Waals surface area contributed by atoms with Crippen LogP contribution in [-0.2, 0) is 0 Å². The summed E-state index contributed by atoms with van der Waals surface area (Å²) in [5.74, 6) is 0.203. The Balaban J connectivity index is 2.87. The maximum atomic E-state index is 13.5. The van der Waals surface area contributed by atoms with E-state index in [1.54, 1.807) is 30.9 Å². The summed E-state index contributed by atoms with van der Waals surface area (Å²) in [6.45, 7) is 2.02. The molecule has 5 heteroatoms. The molecule has 0 saturated carbocycles. The van der Waals surface area contributed by atoms with Crippen LogP contribution in [0, 0.1) is 5.82 Å². The summed E-state index contributed by atoms with van der Waals surface area (Å²) >= 11 is 1.68. The van der Waals surface area contributed by atoms with Crippen LogP contribution in [0.5, 0.6) is 0 Å². The van der Waals surface area contributed by atoms with Crippen molar-refractivity contribution in [2.24, 2.45) is 0 Å². The molecule has 1 amide bonds. The summed E-state index contributed by atoms with van der Waals surface area (Å²) in [4.78, 5) is 12.1. The Morgan fingerprint density at radius 1 is 1.50 bits per heavy atom. The lowest BCUT2D eigenvalue weighted by Gasteiger charge is -2.17. The van der Waals surface area contributed by atoms with Gasteiger partial charge in [0, 0.05) is 18.8 Å². The van der Waals surface area contributed by atoms with Crippen molar-refractivity contribution in [2.45, 2.75) is 19.4 Å². The highest BCUT2D eigenvalue weighted by Gasteiger charge is 2.16. The van der Waals surface area contributed by atoms with Crippen LogP contribution in [0.3, 0.4) is 0 Å². The quantitative estimate of drug-likeness (QED) is 0.835. The number of hydrogen-bond acceptors (Lipinski definition) is 3. The Morgan fingerprint density at radius 3 is 2.78 bits per heavy atom. The highest BCUT2D eigenvalue weighted by atomic mass is 32.2. The number of halogens is 1. The van der Waals surface area contributed by atoms with E-state index in [4.69, 9.17) is 0 Å². The number of carbonyl (C=O) groups is 1. The van der Waals surface area contributed by atoms with Crippen LogP contribution in [0.15, 0.2) is 18.2 Å². The van der Waals surface area contributed by atoms with Gasteiger partial charge in [0.15, 0.2) is 0 Å². The van der Waals surface area contributed by atoms with Gasteiger partial charge < -0.3 is 10.6 Å². The molecule has 3 nitrogen and oxygen atoms in total. The molecule has 0 aromatic heterocycles. The summed E-state index contributed by atoms with van der Waals surface area (Å²) < 4.78 is 13.5. The predicted molar refractivity (Wildman–Crippen MR) is 75.9 cm³/mol. The lowest BCUT2D eigenvalue weighted by Crippen LogP contribution is -2.36. The largest absolute Gasteiger partial charge is 0.385 e. The van der Waals surface area contributed by atoms with Crippen molar-refractivity contribution >= 4 is 23.4 Å². The third kappa shape index (κ3) is 3.63. The van der Waals surface area contributed by atoms with Crippen molar-refractivity contribution < 1.29 is 9.18 Å². The molecule has 0 bridgehead atoms. The normalized spacial score (nSPS) is 12.0. The van der Waals surface area contributed by atoms with Crippen LogP contribution < -0.4 is 10.6 Å². The summed E-state index contributed by atoms with van der Waals surface area (Å²) in [6.07, 6.45) is 2.85. The van der Waals surface area contributed by atoms with Crippen LogP contribution in [0.2, 0.25) is 0 Å². The number of amides is 1. The van der Waals surface area contributed by atoms with E-state index in [9.17, 15) is 9.18 Å². The number of benzene rings is 1. The molecule has 0 saturated heterocycles. The molecule has 0 aliphatic heterocycles. The van der Waals surface area contributed by atoms with Gasteiger partial charge in [0.25, 0.3) is 5.91 Å². The van der Waals surface area contributed by atoms with Gasteiger partial charge in [-0.25, -0.2) is 4.39 Å². The van der Waals surface area contributed by atoms with E-state index in [-0.39, 0.29) is 17.6 Å². The Bertz CT molecular complexity index is 412. The first kappa shape index (κ1) is 14.8. The maximum absolute atomic E-state index is 13.5. The fourth-order valence-corrected chi connectivity index (χ4v) is 2.41. The van der Waals surface area contributed by atoms with Gasteiger partial charge >= 0.3 is 0 Å². The number of para-hydroxylation sites is 1. The van der Waals surface area contributed by atoms with E-state index < -0.39 is 5.82 Å². The lowest BCUT2D eigenvalue weighted by atomic mass is 10.1. The van der Waals surface area contributed by atoms with E-state index in [1.165, 1.54) is 6.07 Å². The molecular formula is C13H19FN2OS. The molecule has 0 fully saturated rings. The summed E-state index contributed by atoms with van der Waals surface area (Å²) in [6, 6.07) is 4.61. The fourth-order valence-electron chi connectivity index (χ4n) is 1.69. The predicted octanol–water partition coefficient (Wildman–Crippen LogP) is 2.74. The molecular weight excluding hydrogens is 251 g/mol. The van der Waals surface area contributed by atoms with Crippen molar-refractivity contribution in [3.8, 4) is 0 Å². The third-order valence-corrected chi connectivity index (χ3v) is 3.44. The average Bonchev–Trinajstić information content (AvgIpc) is 2.37. The third-order valence-electron chi connectivity index (χ3n) is 2.70. The number of hydrogen-bond donors (Lipinski definition) is 2. The van der Waals surface area contributed by atoms with Crippen molar-refractivity contribution in [3.05, 3.63) is 29.6 Å². The van der Waals surface area contributed by atoms with Crippen LogP contribution in [-0.4, -0.2) is 31.0 Å². The molecule has 0 spiro atoms. The fraction of sp³-hybridized carbons (Fsp3) is 0.462.